The predicted octanol–water partition coefficient (Wildman–Crippen LogP) is 2.13. The Balaban J connectivity index is 2.77. The van der Waals surface area contributed by atoms with E-state index in [0.717, 1.165) is 57.9 Å². The van der Waals surface area contributed by atoms with Crippen molar-refractivity contribution in [2.45, 2.75) is 13.8 Å². The topological polar surface area (TPSA) is 13.0 Å². The Morgan fingerprint density at radius 1 is 0.739 bits per heavy atom. The lowest BCUT2D eigenvalue weighted by Crippen LogP contribution is -2.42. The van der Waals surface area contributed by atoms with Gasteiger partial charge in [0, 0.05) is 58.1 Å². The summed E-state index contributed by atoms with van der Waals surface area (Å²) in [5, 5.41) is 0. The third-order valence-electron chi connectivity index (χ3n) is 4.43. The standard InChI is InChI=1S/C19H36N4/c1-7-19(9-8-18(2)3)23-16-14-21(5)12-10-20(4)11-13-22(6)15-17-23/h7-9H,2,10-17H2,1,3-6H3/b9-8-,19-7+. The summed E-state index contributed by atoms with van der Waals surface area (Å²) in [6.45, 7) is 17.0. The first kappa shape index (κ1) is 19.9. The molecule has 1 rings (SSSR count). The van der Waals surface area contributed by atoms with Crippen LogP contribution in [0.15, 0.2) is 36.1 Å². The second-order valence-electron chi connectivity index (χ2n) is 6.79. The lowest BCUT2D eigenvalue weighted by atomic mass is 10.2. The molecule has 1 aliphatic rings. The van der Waals surface area contributed by atoms with Gasteiger partial charge in [0.15, 0.2) is 0 Å². The van der Waals surface area contributed by atoms with Crippen LogP contribution >= 0.6 is 0 Å². The fraction of sp³-hybridized carbons (Fsp3) is 0.684. The summed E-state index contributed by atoms with van der Waals surface area (Å²) in [6, 6.07) is 0. The third-order valence-corrected chi connectivity index (χ3v) is 4.43. The largest absolute Gasteiger partial charge is 0.369 e. The summed E-state index contributed by atoms with van der Waals surface area (Å²) in [7, 11) is 6.67. The van der Waals surface area contributed by atoms with E-state index in [1.54, 1.807) is 0 Å². The average Bonchev–Trinajstić information content (AvgIpc) is 2.51. The maximum absolute atomic E-state index is 3.97. The smallest absolute Gasteiger partial charge is 0.0323 e. The number of hydrogen-bond acceptors (Lipinski definition) is 4. The maximum Gasteiger partial charge on any atom is 0.0323 e. The molecule has 1 fully saturated rings. The molecule has 1 aliphatic heterocycles. The zero-order valence-electron chi connectivity index (χ0n) is 15.9. The zero-order valence-corrected chi connectivity index (χ0v) is 15.9. The van der Waals surface area contributed by atoms with Crippen LogP contribution in [0.25, 0.3) is 0 Å². The SMILES string of the molecule is C=C(C)/C=C\C(=C/C)N1CCN(C)CCN(C)CCN(C)CC1. The molecule has 1 saturated heterocycles. The summed E-state index contributed by atoms with van der Waals surface area (Å²) in [5.41, 5.74) is 2.39. The van der Waals surface area contributed by atoms with Gasteiger partial charge in [-0.3, -0.25) is 0 Å². The van der Waals surface area contributed by atoms with E-state index in [0.29, 0.717) is 0 Å². The van der Waals surface area contributed by atoms with Crippen molar-refractivity contribution in [1.82, 2.24) is 19.6 Å². The number of rotatable bonds is 3. The van der Waals surface area contributed by atoms with E-state index >= 15 is 0 Å². The van der Waals surface area contributed by atoms with E-state index in [-0.39, 0.29) is 0 Å². The van der Waals surface area contributed by atoms with Crippen molar-refractivity contribution in [1.29, 1.82) is 0 Å². The molecule has 0 aromatic carbocycles. The first-order valence-electron chi connectivity index (χ1n) is 8.73. The minimum atomic E-state index is 1.06. The molecule has 0 aliphatic carbocycles. The first-order valence-corrected chi connectivity index (χ1v) is 8.73. The molecule has 0 atom stereocenters. The van der Waals surface area contributed by atoms with Crippen LogP contribution in [-0.4, -0.2) is 93.1 Å². The van der Waals surface area contributed by atoms with Gasteiger partial charge >= 0.3 is 0 Å². The number of nitrogens with zero attached hydrogens (tertiary/aromatic N) is 4. The molecule has 0 aromatic heterocycles. The molecule has 0 spiro atoms. The number of allylic oxidation sites excluding steroid dienone is 4. The van der Waals surface area contributed by atoms with Crippen molar-refractivity contribution in [3.63, 3.8) is 0 Å². The molecule has 0 amide bonds. The molecule has 132 valence electrons. The second-order valence-corrected chi connectivity index (χ2v) is 6.79. The van der Waals surface area contributed by atoms with E-state index in [1.165, 1.54) is 5.70 Å². The number of hydrogen-bond donors (Lipinski definition) is 0. The average molecular weight is 321 g/mol. The van der Waals surface area contributed by atoms with Crippen molar-refractivity contribution in [3.8, 4) is 0 Å². The highest BCUT2D eigenvalue weighted by atomic mass is 15.2. The fourth-order valence-corrected chi connectivity index (χ4v) is 2.58. The Hall–Kier alpha value is -1.10. The lowest BCUT2D eigenvalue weighted by molar-refractivity contribution is 0.185. The highest BCUT2D eigenvalue weighted by Gasteiger charge is 2.12. The molecular formula is C19H36N4. The van der Waals surface area contributed by atoms with Crippen LogP contribution < -0.4 is 0 Å². The molecule has 4 nitrogen and oxygen atoms in total. The van der Waals surface area contributed by atoms with Gasteiger partial charge in [-0.1, -0.05) is 24.3 Å². The van der Waals surface area contributed by atoms with Crippen molar-refractivity contribution in [3.05, 3.63) is 36.1 Å². The van der Waals surface area contributed by atoms with Crippen molar-refractivity contribution >= 4 is 0 Å². The minimum Gasteiger partial charge on any atom is -0.369 e. The van der Waals surface area contributed by atoms with Crippen molar-refractivity contribution in [2.75, 3.05) is 73.5 Å². The molecule has 0 bridgehead atoms. The highest BCUT2D eigenvalue weighted by molar-refractivity contribution is 5.24. The molecule has 0 saturated carbocycles. The van der Waals surface area contributed by atoms with Gasteiger partial charge in [-0.25, -0.2) is 0 Å². The van der Waals surface area contributed by atoms with Crippen molar-refractivity contribution < 1.29 is 0 Å². The molecule has 0 aromatic rings. The van der Waals surface area contributed by atoms with E-state index in [9.17, 15) is 0 Å². The highest BCUT2D eigenvalue weighted by Crippen LogP contribution is 2.09. The Morgan fingerprint density at radius 2 is 1.13 bits per heavy atom. The van der Waals surface area contributed by atoms with Gasteiger partial charge in [-0.05, 0) is 41.1 Å². The normalized spacial score (nSPS) is 22.1. The van der Waals surface area contributed by atoms with Gasteiger partial charge in [0.2, 0.25) is 0 Å². The minimum absolute atomic E-state index is 1.06. The first-order chi connectivity index (χ1) is 10.9. The Bertz CT molecular complexity index is 396. The van der Waals surface area contributed by atoms with E-state index < -0.39 is 0 Å². The third kappa shape index (κ3) is 8.35. The summed E-state index contributed by atoms with van der Waals surface area (Å²) in [5.74, 6) is 0. The van der Waals surface area contributed by atoms with Crippen LogP contribution in [-0.2, 0) is 0 Å². The molecule has 23 heavy (non-hydrogen) atoms. The van der Waals surface area contributed by atoms with Crippen LogP contribution in [0.5, 0.6) is 0 Å². The van der Waals surface area contributed by atoms with Crippen LogP contribution in [0, 0.1) is 0 Å². The van der Waals surface area contributed by atoms with Gasteiger partial charge in [-0.2, -0.15) is 0 Å². The van der Waals surface area contributed by atoms with Crippen LogP contribution in [0.1, 0.15) is 13.8 Å². The second kappa shape index (κ2) is 10.6. The monoisotopic (exact) mass is 320 g/mol. The summed E-state index contributed by atoms with van der Waals surface area (Å²) in [4.78, 5) is 9.80. The molecule has 0 unspecified atom stereocenters. The molecular weight excluding hydrogens is 284 g/mol. The van der Waals surface area contributed by atoms with E-state index in [4.69, 9.17) is 0 Å². The Labute approximate surface area is 143 Å². The van der Waals surface area contributed by atoms with Gasteiger partial charge in [-0.15, -0.1) is 0 Å². The molecule has 1 heterocycles. The Kier molecular flexibility index (Phi) is 9.22. The van der Waals surface area contributed by atoms with Crippen LogP contribution in [0.3, 0.4) is 0 Å². The van der Waals surface area contributed by atoms with Gasteiger partial charge < -0.3 is 19.6 Å². The van der Waals surface area contributed by atoms with Gasteiger partial charge in [0.25, 0.3) is 0 Å². The van der Waals surface area contributed by atoms with Crippen LogP contribution in [0.2, 0.25) is 0 Å². The maximum atomic E-state index is 3.97. The summed E-state index contributed by atoms with van der Waals surface area (Å²) >= 11 is 0. The lowest BCUT2D eigenvalue weighted by Gasteiger charge is -2.32. The molecule has 4 heteroatoms. The fourth-order valence-electron chi connectivity index (χ4n) is 2.58. The van der Waals surface area contributed by atoms with E-state index in [2.05, 4.69) is 72.5 Å². The summed E-state index contributed by atoms with van der Waals surface area (Å²) < 4.78 is 0. The predicted molar refractivity (Wildman–Crippen MR) is 102 cm³/mol. The van der Waals surface area contributed by atoms with Gasteiger partial charge in [0.1, 0.15) is 0 Å². The zero-order chi connectivity index (χ0) is 17.2. The summed E-state index contributed by atoms with van der Waals surface area (Å²) in [6.07, 6.45) is 6.51. The van der Waals surface area contributed by atoms with Gasteiger partial charge in [0.05, 0.1) is 0 Å². The molecule has 0 radical (unpaired) electrons. The Morgan fingerprint density at radius 3 is 1.48 bits per heavy atom. The quantitative estimate of drug-likeness (QED) is 0.739. The number of likely N-dealkylation sites (N-methyl/N-ethyl adjacent to an activating group) is 3. The van der Waals surface area contributed by atoms with Crippen LogP contribution in [0.4, 0.5) is 0 Å². The van der Waals surface area contributed by atoms with E-state index in [1.807, 2.05) is 6.92 Å². The van der Waals surface area contributed by atoms with Crippen molar-refractivity contribution in [2.24, 2.45) is 0 Å². The molecule has 0 N–H and O–H groups in total.